The Kier molecular flexibility index (Phi) is 4.23. The first kappa shape index (κ1) is 17.7. The third-order valence-corrected chi connectivity index (χ3v) is 5.88. The molecule has 1 aromatic heterocycles. The maximum absolute atomic E-state index is 9.91. The third kappa shape index (κ3) is 2.99. The highest BCUT2D eigenvalue weighted by Gasteiger charge is 2.51. The molecule has 7 heteroatoms. The Hall–Kier alpha value is -1.67. The molecule has 3 heterocycles. The van der Waals surface area contributed by atoms with Crippen molar-refractivity contribution >= 4 is 12.6 Å². The van der Waals surface area contributed by atoms with E-state index in [0.717, 1.165) is 35.4 Å². The minimum absolute atomic E-state index is 0. The van der Waals surface area contributed by atoms with Crippen LogP contribution in [0.1, 0.15) is 53.8 Å². The van der Waals surface area contributed by atoms with Gasteiger partial charge in [0.1, 0.15) is 5.82 Å². The fraction of sp³-hybridized carbons (Fsp3) is 0.526. The molecule has 2 aliphatic rings. The molecule has 0 saturated carbocycles. The summed E-state index contributed by atoms with van der Waals surface area (Å²) >= 11 is 0. The number of imidazole rings is 1. The van der Waals surface area contributed by atoms with Gasteiger partial charge < -0.3 is 19.5 Å². The second-order valence-corrected chi connectivity index (χ2v) is 8.21. The van der Waals surface area contributed by atoms with Gasteiger partial charge in [0.2, 0.25) is 0 Å². The van der Waals surface area contributed by atoms with Crippen LogP contribution in [0.3, 0.4) is 0 Å². The summed E-state index contributed by atoms with van der Waals surface area (Å²) in [7, 11) is -0.354. The molecule has 1 aromatic carbocycles. The molecule has 2 aliphatic heterocycles. The number of nitrogens with one attached hydrogen (secondary N) is 1. The minimum atomic E-state index is -0.354. The molecule has 2 N–H and O–H groups in total. The van der Waals surface area contributed by atoms with E-state index in [1.807, 2.05) is 30.5 Å². The molecule has 0 bridgehead atoms. The largest absolute Gasteiger partial charge is 0.494 e. The van der Waals surface area contributed by atoms with E-state index in [1.165, 1.54) is 5.06 Å². The summed E-state index contributed by atoms with van der Waals surface area (Å²) in [4.78, 5) is 7.80. The molecule has 0 radical (unpaired) electrons. The van der Waals surface area contributed by atoms with E-state index in [4.69, 9.17) is 9.31 Å². The maximum atomic E-state index is 9.91. The second-order valence-electron chi connectivity index (χ2n) is 8.21. The van der Waals surface area contributed by atoms with Crippen molar-refractivity contribution in [3.8, 4) is 11.3 Å². The number of H-pyrrole nitrogens is 1. The normalized spacial score (nSPS) is 25.1. The molecule has 2 fully saturated rings. The SMILES string of the molecule is CC1(C)OB(c2ccc(-c3cnc([C@@H]4CCCN4O)[nH]3)cc2)OC1(C)C.[HH]. The van der Waals surface area contributed by atoms with Crippen LogP contribution in [0, 0.1) is 0 Å². The topological polar surface area (TPSA) is 70.6 Å². The summed E-state index contributed by atoms with van der Waals surface area (Å²) < 4.78 is 12.2. The van der Waals surface area contributed by atoms with E-state index in [-0.39, 0.29) is 25.8 Å². The van der Waals surface area contributed by atoms with Crippen LogP contribution in [0.25, 0.3) is 11.3 Å². The molecule has 6 nitrogen and oxygen atoms in total. The van der Waals surface area contributed by atoms with Crippen molar-refractivity contribution in [3.63, 3.8) is 0 Å². The average molecular weight is 357 g/mol. The highest BCUT2D eigenvalue weighted by molar-refractivity contribution is 6.62. The van der Waals surface area contributed by atoms with Gasteiger partial charge in [-0.3, -0.25) is 0 Å². The molecule has 0 amide bonds. The Bertz CT molecular complexity index is 778. The fourth-order valence-electron chi connectivity index (χ4n) is 3.48. The van der Waals surface area contributed by atoms with E-state index in [0.29, 0.717) is 6.54 Å². The standard InChI is InChI=1S/C19H26BN3O3.H2/c1-18(2)19(3,4)26-20(25-18)14-9-7-13(8-10-14)15-12-21-17(22-15)16-6-5-11-23(16)24;/h7-10,12,16,24H,5-6,11H2,1-4H3,(H,21,22);1H/t16-;/m0./s1. The highest BCUT2D eigenvalue weighted by atomic mass is 16.7. The van der Waals surface area contributed by atoms with Crippen molar-refractivity contribution in [1.29, 1.82) is 0 Å². The van der Waals surface area contributed by atoms with Gasteiger partial charge in [0.25, 0.3) is 0 Å². The van der Waals surface area contributed by atoms with Gasteiger partial charge in [-0.05, 0) is 51.6 Å². The lowest BCUT2D eigenvalue weighted by Crippen LogP contribution is -2.41. The zero-order valence-electron chi connectivity index (χ0n) is 15.8. The van der Waals surface area contributed by atoms with Gasteiger partial charge in [-0.25, -0.2) is 4.98 Å². The molecular weight excluding hydrogens is 329 g/mol. The van der Waals surface area contributed by atoms with Crippen LogP contribution in [0.5, 0.6) is 0 Å². The Morgan fingerprint density at radius 2 is 1.85 bits per heavy atom. The smallest absolute Gasteiger partial charge is 0.399 e. The molecule has 0 unspecified atom stereocenters. The summed E-state index contributed by atoms with van der Waals surface area (Å²) in [6, 6.07) is 8.12. The Morgan fingerprint density at radius 3 is 2.42 bits per heavy atom. The van der Waals surface area contributed by atoms with Crippen molar-refractivity contribution in [3.05, 3.63) is 36.3 Å². The van der Waals surface area contributed by atoms with Gasteiger partial charge in [-0.2, -0.15) is 5.06 Å². The van der Waals surface area contributed by atoms with Gasteiger partial charge in [0.15, 0.2) is 0 Å². The van der Waals surface area contributed by atoms with Gasteiger partial charge >= 0.3 is 7.12 Å². The Morgan fingerprint density at radius 1 is 1.19 bits per heavy atom. The molecule has 0 spiro atoms. The minimum Gasteiger partial charge on any atom is -0.399 e. The predicted molar refractivity (Wildman–Crippen MR) is 102 cm³/mol. The first-order valence-electron chi connectivity index (χ1n) is 9.23. The van der Waals surface area contributed by atoms with Gasteiger partial charge in [0, 0.05) is 7.97 Å². The molecular formula is C19H28BN3O3. The first-order valence-corrected chi connectivity index (χ1v) is 9.23. The molecule has 4 rings (SSSR count). The molecule has 1 atom stereocenters. The monoisotopic (exact) mass is 357 g/mol. The lowest BCUT2D eigenvalue weighted by atomic mass is 9.79. The van der Waals surface area contributed by atoms with Gasteiger partial charge in [-0.15, -0.1) is 0 Å². The lowest BCUT2D eigenvalue weighted by molar-refractivity contribution is -0.106. The Balaban J connectivity index is 0.00000210. The molecule has 140 valence electrons. The zero-order chi connectivity index (χ0) is 18.5. The van der Waals surface area contributed by atoms with Crippen LogP contribution in [-0.4, -0.2) is 45.1 Å². The third-order valence-electron chi connectivity index (χ3n) is 5.88. The quantitative estimate of drug-likeness (QED) is 0.826. The summed E-state index contributed by atoms with van der Waals surface area (Å²) in [5.74, 6) is 0.815. The summed E-state index contributed by atoms with van der Waals surface area (Å²) in [5.41, 5.74) is 2.31. The van der Waals surface area contributed by atoms with E-state index >= 15 is 0 Å². The zero-order valence-corrected chi connectivity index (χ0v) is 15.8. The van der Waals surface area contributed by atoms with Crippen LogP contribution < -0.4 is 5.46 Å². The second kappa shape index (κ2) is 6.20. The van der Waals surface area contributed by atoms with Crippen LogP contribution in [-0.2, 0) is 9.31 Å². The van der Waals surface area contributed by atoms with Crippen molar-refractivity contribution in [2.45, 2.75) is 57.8 Å². The molecule has 2 aromatic rings. The van der Waals surface area contributed by atoms with E-state index < -0.39 is 0 Å². The summed E-state index contributed by atoms with van der Waals surface area (Å²) in [5, 5.41) is 11.3. The first-order chi connectivity index (χ1) is 12.3. The van der Waals surface area contributed by atoms with Gasteiger partial charge in [-0.1, -0.05) is 24.3 Å². The van der Waals surface area contributed by atoms with Crippen LogP contribution in [0.4, 0.5) is 0 Å². The predicted octanol–water partition coefficient (Wildman–Crippen LogP) is 3.15. The van der Waals surface area contributed by atoms with Crippen LogP contribution in [0.15, 0.2) is 30.5 Å². The van der Waals surface area contributed by atoms with Crippen LogP contribution in [0.2, 0.25) is 0 Å². The summed E-state index contributed by atoms with van der Waals surface area (Å²) in [6.45, 7) is 8.92. The van der Waals surface area contributed by atoms with Gasteiger partial charge in [0.05, 0.1) is 29.1 Å². The number of aromatic amines is 1. The Labute approximate surface area is 156 Å². The number of hydroxylamine groups is 2. The van der Waals surface area contributed by atoms with Crippen molar-refractivity contribution in [2.75, 3.05) is 6.54 Å². The molecule has 0 aliphatic carbocycles. The molecule has 26 heavy (non-hydrogen) atoms. The number of rotatable bonds is 3. The van der Waals surface area contributed by atoms with E-state index in [9.17, 15) is 5.21 Å². The number of hydrogen-bond acceptors (Lipinski definition) is 5. The van der Waals surface area contributed by atoms with Crippen molar-refractivity contribution in [1.82, 2.24) is 15.0 Å². The van der Waals surface area contributed by atoms with Crippen molar-refractivity contribution < 1.29 is 15.9 Å². The van der Waals surface area contributed by atoms with Crippen LogP contribution >= 0.6 is 0 Å². The number of benzene rings is 1. The summed E-state index contributed by atoms with van der Waals surface area (Å²) in [6.07, 6.45) is 3.73. The number of aromatic nitrogens is 2. The van der Waals surface area contributed by atoms with E-state index in [1.54, 1.807) is 0 Å². The fourth-order valence-corrected chi connectivity index (χ4v) is 3.48. The average Bonchev–Trinajstić information content (AvgIpc) is 3.26. The number of nitrogens with zero attached hydrogens (tertiary/aromatic N) is 2. The lowest BCUT2D eigenvalue weighted by Gasteiger charge is -2.32. The van der Waals surface area contributed by atoms with E-state index in [2.05, 4.69) is 37.7 Å². The number of hydrogen-bond donors (Lipinski definition) is 2. The maximum Gasteiger partial charge on any atom is 0.494 e. The highest BCUT2D eigenvalue weighted by Crippen LogP contribution is 2.36. The van der Waals surface area contributed by atoms with Crippen molar-refractivity contribution in [2.24, 2.45) is 0 Å². The molecule has 2 saturated heterocycles.